The third-order valence-electron chi connectivity index (χ3n) is 3.12. The second-order valence-electron chi connectivity index (χ2n) is 4.48. The summed E-state index contributed by atoms with van der Waals surface area (Å²) in [6.45, 7) is 0.500. The normalized spacial score (nSPS) is 21.3. The molecule has 1 aliphatic rings. The van der Waals surface area contributed by atoms with E-state index in [0.29, 0.717) is 19.4 Å². The molecule has 0 N–H and O–H groups in total. The molecule has 2 rings (SSSR count). The van der Waals surface area contributed by atoms with Gasteiger partial charge in [0.2, 0.25) is 10.0 Å². The second-order valence-corrected chi connectivity index (χ2v) is 6.79. The largest absolute Gasteiger partial charge is 0.303 e. The lowest BCUT2D eigenvalue weighted by Gasteiger charge is -2.29. The van der Waals surface area contributed by atoms with Gasteiger partial charge in [0.1, 0.15) is 17.0 Å². The van der Waals surface area contributed by atoms with Crippen molar-refractivity contribution in [1.29, 1.82) is 0 Å². The van der Waals surface area contributed by atoms with E-state index in [1.807, 2.05) is 0 Å². The highest BCUT2D eigenvalue weighted by atomic mass is 35.5. The van der Waals surface area contributed by atoms with Crippen molar-refractivity contribution in [3.05, 3.63) is 29.0 Å². The highest BCUT2D eigenvalue weighted by Crippen LogP contribution is 2.28. The van der Waals surface area contributed by atoms with E-state index in [0.717, 1.165) is 24.5 Å². The highest BCUT2D eigenvalue weighted by molar-refractivity contribution is 7.89. The molecule has 1 unspecified atom stereocenters. The zero-order chi connectivity index (χ0) is 14.0. The van der Waals surface area contributed by atoms with Crippen molar-refractivity contribution in [2.24, 2.45) is 5.92 Å². The van der Waals surface area contributed by atoms with Crippen molar-refractivity contribution in [2.75, 3.05) is 13.1 Å². The van der Waals surface area contributed by atoms with Gasteiger partial charge in [-0.25, -0.2) is 12.8 Å². The van der Waals surface area contributed by atoms with Gasteiger partial charge in [-0.2, -0.15) is 4.31 Å². The van der Waals surface area contributed by atoms with Gasteiger partial charge in [-0.3, -0.25) is 0 Å². The number of hydrogen-bond acceptors (Lipinski definition) is 3. The van der Waals surface area contributed by atoms with Crippen molar-refractivity contribution in [1.82, 2.24) is 4.31 Å². The summed E-state index contributed by atoms with van der Waals surface area (Å²) in [6.07, 6.45) is 2.09. The SMILES string of the molecule is O=CC1CCCN(S(=O)(=O)c2ccc(F)cc2Cl)C1. The molecule has 1 saturated heterocycles. The number of benzene rings is 1. The molecule has 0 saturated carbocycles. The molecule has 4 nitrogen and oxygen atoms in total. The fraction of sp³-hybridized carbons (Fsp3) is 0.417. The lowest BCUT2D eigenvalue weighted by molar-refractivity contribution is -0.112. The predicted molar refractivity (Wildman–Crippen MR) is 69.0 cm³/mol. The minimum Gasteiger partial charge on any atom is -0.303 e. The van der Waals surface area contributed by atoms with Gasteiger partial charge >= 0.3 is 0 Å². The summed E-state index contributed by atoms with van der Waals surface area (Å²) in [4.78, 5) is 10.7. The fourth-order valence-electron chi connectivity index (χ4n) is 2.13. The average molecular weight is 306 g/mol. The molecule has 1 atom stereocenters. The molecule has 0 aliphatic carbocycles. The van der Waals surface area contributed by atoms with Crippen LogP contribution in [0.15, 0.2) is 23.1 Å². The third-order valence-corrected chi connectivity index (χ3v) is 5.47. The maximum Gasteiger partial charge on any atom is 0.244 e. The molecule has 1 aliphatic heterocycles. The maximum atomic E-state index is 13.0. The molecule has 0 spiro atoms. The summed E-state index contributed by atoms with van der Waals surface area (Å²) >= 11 is 5.79. The fourth-order valence-corrected chi connectivity index (χ4v) is 4.17. The number of piperidine rings is 1. The Hall–Kier alpha value is -0.980. The molecular weight excluding hydrogens is 293 g/mol. The molecule has 1 fully saturated rings. The van der Waals surface area contributed by atoms with Crippen LogP contribution in [0.2, 0.25) is 5.02 Å². The van der Waals surface area contributed by atoms with E-state index >= 15 is 0 Å². The molecule has 104 valence electrons. The third kappa shape index (κ3) is 2.96. The molecule has 1 heterocycles. The van der Waals surface area contributed by atoms with Gasteiger partial charge in [0.05, 0.1) is 5.02 Å². The molecule has 0 aromatic heterocycles. The van der Waals surface area contributed by atoms with Crippen LogP contribution in [-0.4, -0.2) is 32.1 Å². The molecule has 19 heavy (non-hydrogen) atoms. The summed E-state index contributed by atoms with van der Waals surface area (Å²) in [5, 5.41) is -0.145. The van der Waals surface area contributed by atoms with E-state index < -0.39 is 15.8 Å². The zero-order valence-electron chi connectivity index (χ0n) is 10.1. The molecule has 1 aromatic rings. The Labute approximate surface area is 116 Å². The van der Waals surface area contributed by atoms with Crippen LogP contribution in [0.3, 0.4) is 0 Å². The summed E-state index contributed by atoms with van der Waals surface area (Å²) in [5.41, 5.74) is 0. The number of sulfonamides is 1. The topological polar surface area (TPSA) is 54.5 Å². The van der Waals surface area contributed by atoms with Gasteiger partial charge in [0.15, 0.2) is 0 Å². The summed E-state index contributed by atoms with van der Waals surface area (Å²) < 4.78 is 39.0. The van der Waals surface area contributed by atoms with Crippen molar-refractivity contribution in [3.8, 4) is 0 Å². The lowest BCUT2D eigenvalue weighted by atomic mass is 10.0. The number of halogens is 2. The molecule has 0 amide bonds. The van der Waals surface area contributed by atoms with Crippen LogP contribution in [0.5, 0.6) is 0 Å². The molecule has 0 bridgehead atoms. The molecular formula is C12H13ClFNO3S. The van der Waals surface area contributed by atoms with Gasteiger partial charge < -0.3 is 4.79 Å². The van der Waals surface area contributed by atoms with Crippen LogP contribution in [0.25, 0.3) is 0 Å². The van der Waals surface area contributed by atoms with Crippen LogP contribution < -0.4 is 0 Å². The number of carbonyl (C=O) groups is 1. The number of aldehydes is 1. The first-order valence-electron chi connectivity index (χ1n) is 5.85. The van der Waals surface area contributed by atoms with E-state index in [2.05, 4.69) is 0 Å². The van der Waals surface area contributed by atoms with Gasteiger partial charge in [0.25, 0.3) is 0 Å². The van der Waals surface area contributed by atoms with Gasteiger partial charge in [0, 0.05) is 19.0 Å². The number of carbonyl (C=O) groups excluding carboxylic acids is 1. The first-order valence-corrected chi connectivity index (χ1v) is 7.67. The Morgan fingerprint density at radius 1 is 1.42 bits per heavy atom. The van der Waals surface area contributed by atoms with Gasteiger partial charge in [-0.15, -0.1) is 0 Å². The van der Waals surface area contributed by atoms with Crippen LogP contribution in [-0.2, 0) is 14.8 Å². The monoisotopic (exact) mass is 305 g/mol. The van der Waals surface area contributed by atoms with E-state index in [1.165, 1.54) is 4.31 Å². The van der Waals surface area contributed by atoms with Crippen molar-refractivity contribution < 1.29 is 17.6 Å². The minimum atomic E-state index is -3.78. The predicted octanol–water partition coefficient (Wildman–Crippen LogP) is 2.08. The molecule has 0 radical (unpaired) electrons. The van der Waals surface area contributed by atoms with E-state index in [4.69, 9.17) is 11.6 Å². The van der Waals surface area contributed by atoms with Crippen LogP contribution in [0, 0.1) is 11.7 Å². The van der Waals surface area contributed by atoms with Gasteiger partial charge in [-0.1, -0.05) is 11.6 Å². The molecule has 7 heteroatoms. The smallest absolute Gasteiger partial charge is 0.244 e. The Bertz CT molecular complexity index is 591. The number of hydrogen-bond donors (Lipinski definition) is 0. The Morgan fingerprint density at radius 2 is 2.16 bits per heavy atom. The highest BCUT2D eigenvalue weighted by Gasteiger charge is 2.31. The summed E-state index contributed by atoms with van der Waals surface area (Å²) in [6, 6.07) is 3.17. The lowest BCUT2D eigenvalue weighted by Crippen LogP contribution is -2.40. The van der Waals surface area contributed by atoms with E-state index in [-0.39, 0.29) is 22.4 Å². The van der Waals surface area contributed by atoms with Gasteiger partial charge in [-0.05, 0) is 31.0 Å². The van der Waals surface area contributed by atoms with Crippen molar-refractivity contribution in [3.63, 3.8) is 0 Å². The van der Waals surface area contributed by atoms with E-state index in [9.17, 15) is 17.6 Å². The van der Waals surface area contributed by atoms with Crippen molar-refractivity contribution >= 4 is 27.9 Å². The first-order chi connectivity index (χ1) is 8.95. The zero-order valence-corrected chi connectivity index (χ0v) is 11.6. The minimum absolute atomic E-state index is 0.123. The quantitative estimate of drug-likeness (QED) is 0.803. The van der Waals surface area contributed by atoms with Crippen molar-refractivity contribution in [2.45, 2.75) is 17.7 Å². The van der Waals surface area contributed by atoms with Crippen LogP contribution in [0.4, 0.5) is 4.39 Å². The van der Waals surface area contributed by atoms with Crippen LogP contribution in [0.1, 0.15) is 12.8 Å². The Kier molecular flexibility index (Phi) is 4.23. The Balaban J connectivity index is 2.33. The summed E-state index contributed by atoms with van der Waals surface area (Å²) in [7, 11) is -3.78. The number of rotatable bonds is 3. The standard InChI is InChI=1S/C12H13ClFNO3S/c13-11-6-10(14)3-4-12(11)19(17,18)15-5-1-2-9(7-15)8-16/h3-4,6,8-9H,1-2,5,7H2. The van der Waals surface area contributed by atoms with E-state index in [1.54, 1.807) is 0 Å². The second kappa shape index (κ2) is 5.56. The van der Waals surface area contributed by atoms with Crippen LogP contribution >= 0.6 is 11.6 Å². The summed E-state index contributed by atoms with van der Waals surface area (Å²) in [5.74, 6) is -0.879. The average Bonchev–Trinajstić information content (AvgIpc) is 2.38. The Morgan fingerprint density at radius 3 is 2.79 bits per heavy atom. The first kappa shape index (κ1) is 14.4. The molecule has 1 aromatic carbocycles. The maximum absolute atomic E-state index is 13.0. The number of nitrogens with zero attached hydrogens (tertiary/aromatic N) is 1.